The number of nitrogens with zero attached hydrogens (tertiary/aromatic N) is 1. The second-order valence-electron chi connectivity index (χ2n) is 6.40. The summed E-state index contributed by atoms with van der Waals surface area (Å²) >= 11 is 0. The second-order valence-corrected chi connectivity index (χ2v) is 6.40. The van der Waals surface area contributed by atoms with Gasteiger partial charge in [0.2, 0.25) is 0 Å². The first-order valence-corrected chi connectivity index (χ1v) is 7.64. The van der Waals surface area contributed by atoms with Gasteiger partial charge in [0.15, 0.2) is 0 Å². The predicted octanol–water partition coefficient (Wildman–Crippen LogP) is 3.23. The molecule has 0 unspecified atom stereocenters. The van der Waals surface area contributed by atoms with Gasteiger partial charge in [-0.25, -0.2) is 0 Å². The first-order chi connectivity index (χ1) is 9.79. The summed E-state index contributed by atoms with van der Waals surface area (Å²) in [5.74, 6) is -0.0757. The van der Waals surface area contributed by atoms with Gasteiger partial charge in [-0.2, -0.15) is 0 Å². The smallest absolute Gasteiger partial charge is 0.251 e. The minimum atomic E-state index is -0.383. The molecule has 0 aliphatic rings. The van der Waals surface area contributed by atoms with Crippen LogP contribution in [-0.2, 0) is 6.54 Å². The highest BCUT2D eigenvalue weighted by molar-refractivity contribution is 5.94. The zero-order chi connectivity index (χ0) is 16.0. The Kier molecular flexibility index (Phi) is 11.6. The molecule has 0 aliphatic heterocycles. The second kappa shape index (κ2) is 10.9. The lowest BCUT2D eigenvalue weighted by atomic mass is 10.0. The normalized spacial score (nSPS) is 11.0. The highest BCUT2D eigenvalue weighted by Crippen LogP contribution is 2.11. The molecule has 0 heterocycles. The zero-order valence-electron chi connectivity index (χ0n) is 14.8. The van der Waals surface area contributed by atoms with Gasteiger partial charge in [-0.1, -0.05) is 19.1 Å². The van der Waals surface area contributed by atoms with Crippen LogP contribution in [0.25, 0.3) is 0 Å². The predicted molar refractivity (Wildman–Crippen MR) is 103 cm³/mol. The molecule has 134 valence electrons. The summed E-state index contributed by atoms with van der Waals surface area (Å²) in [6.45, 7) is 12.7. The number of benzene rings is 1. The van der Waals surface area contributed by atoms with E-state index in [1.165, 1.54) is 5.56 Å². The monoisotopic (exact) mass is 363 g/mol. The van der Waals surface area contributed by atoms with Crippen LogP contribution in [0.5, 0.6) is 0 Å². The van der Waals surface area contributed by atoms with Gasteiger partial charge >= 0.3 is 0 Å². The molecule has 1 rings (SSSR count). The van der Waals surface area contributed by atoms with Crippen molar-refractivity contribution in [2.75, 3.05) is 13.1 Å². The summed E-state index contributed by atoms with van der Waals surface area (Å²) in [6.07, 6.45) is 0. The molecular formula is C17H31Cl2N3O. The van der Waals surface area contributed by atoms with Crippen LogP contribution in [0, 0.1) is 0 Å². The van der Waals surface area contributed by atoms with Crippen molar-refractivity contribution in [1.29, 1.82) is 0 Å². The van der Waals surface area contributed by atoms with E-state index in [1.807, 2.05) is 38.1 Å². The Hall–Kier alpha value is -0.810. The number of nitrogens with one attached hydrogen (secondary N) is 1. The van der Waals surface area contributed by atoms with Crippen LogP contribution in [0.3, 0.4) is 0 Å². The first-order valence-electron chi connectivity index (χ1n) is 7.64. The van der Waals surface area contributed by atoms with Gasteiger partial charge in [0.05, 0.1) is 0 Å². The molecule has 23 heavy (non-hydrogen) atoms. The van der Waals surface area contributed by atoms with Crippen LogP contribution in [0.2, 0.25) is 0 Å². The fourth-order valence-electron chi connectivity index (χ4n) is 2.09. The molecule has 0 aromatic heterocycles. The number of hydrogen-bond acceptors (Lipinski definition) is 3. The van der Waals surface area contributed by atoms with Gasteiger partial charge < -0.3 is 11.1 Å². The first kappa shape index (κ1) is 24.4. The summed E-state index contributed by atoms with van der Waals surface area (Å²) in [4.78, 5) is 14.5. The van der Waals surface area contributed by atoms with Crippen LogP contribution < -0.4 is 11.1 Å². The molecule has 4 nitrogen and oxygen atoms in total. The van der Waals surface area contributed by atoms with Gasteiger partial charge in [0, 0.05) is 30.2 Å². The summed E-state index contributed by atoms with van der Waals surface area (Å²) < 4.78 is 0. The lowest BCUT2D eigenvalue weighted by molar-refractivity contribution is 0.0915. The number of carbonyl (C=O) groups is 1. The van der Waals surface area contributed by atoms with E-state index in [1.54, 1.807) is 0 Å². The molecule has 0 radical (unpaired) electrons. The molecule has 0 spiro atoms. The third kappa shape index (κ3) is 8.02. The fourth-order valence-corrected chi connectivity index (χ4v) is 2.09. The molecule has 0 aliphatic carbocycles. The average molecular weight is 364 g/mol. The largest absolute Gasteiger partial charge is 0.346 e. The number of amides is 1. The minimum Gasteiger partial charge on any atom is -0.346 e. The number of rotatable bonds is 7. The molecular weight excluding hydrogens is 333 g/mol. The highest BCUT2D eigenvalue weighted by Gasteiger charge is 2.19. The minimum absolute atomic E-state index is 0. The lowest BCUT2D eigenvalue weighted by Gasteiger charge is -2.25. The summed E-state index contributed by atoms with van der Waals surface area (Å²) in [5.41, 5.74) is 7.15. The van der Waals surface area contributed by atoms with Crippen molar-refractivity contribution >= 4 is 30.7 Å². The Bertz CT molecular complexity index is 461. The molecule has 0 fully saturated rings. The third-order valence-electron chi connectivity index (χ3n) is 3.70. The van der Waals surface area contributed by atoms with Crippen LogP contribution in [0.1, 0.15) is 50.5 Å². The Morgan fingerprint density at radius 3 is 2.13 bits per heavy atom. The molecule has 0 saturated carbocycles. The summed E-state index contributed by atoms with van der Waals surface area (Å²) in [5, 5.41) is 2.94. The average Bonchev–Trinajstić information content (AvgIpc) is 2.44. The van der Waals surface area contributed by atoms with Gasteiger partial charge in [0.25, 0.3) is 5.91 Å². The molecule has 1 aromatic carbocycles. The molecule has 6 heteroatoms. The van der Waals surface area contributed by atoms with Crippen LogP contribution in [-0.4, -0.2) is 35.5 Å². The SMILES string of the molecule is CCN(Cc1ccc(C(=O)NC(C)(C)CN)cc1)C(C)C.Cl.Cl. The van der Waals surface area contributed by atoms with Crippen LogP contribution in [0.4, 0.5) is 0 Å². The van der Waals surface area contributed by atoms with Crippen molar-refractivity contribution in [3.63, 3.8) is 0 Å². The van der Waals surface area contributed by atoms with E-state index in [0.29, 0.717) is 18.2 Å². The Labute approximate surface area is 153 Å². The number of carbonyl (C=O) groups excluding carboxylic acids is 1. The van der Waals surface area contributed by atoms with E-state index in [-0.39, 0.29) is 36.3 Å². The maximum absolute atomic E-state index is 12.1. The van der Waals surface area contributed by atoms with Gasteiger partial charge in [-0.05, 0) is 51.9 Å². The maximum atomic E-state index is 12.1. The van der Waals surface area contributed by atoms with Gasteiger partial charge in [-0.15, -0.1) is 24.8 Å². The molecule has 1 amide bonds. The van der Waals surface area contributed by atoms with Crippen LogP contribution >= 0.6 is 24.8 Å². The molecule has 0 saturated heterocycles. The number of halogens is 2. The zero-order valence-corrected chi connectivity index (χ0v) is 16.4. The Balaban J connectivity index is 0. The van der Waals surface area contributed by atoms with E-state index in [2.05, 4.69) is 31.0 Å². The van der Waals surface area contributed by atoms with E-state index >= 15 is 0 Å². The molecule has 3 N–H and O–H groups in total. The van der Waals surface area contributed by atoms with E-state index in [4.69, 9.17) is 5.73 Å². The molecule has 0 bridgehead atoms. The van der Waals surface area contributed by atoms with Gasteiger partial charge in [-0.3, -0.25) is 9.69 Å². The Morgan fingerprint density at radius 2 is 1.74 bits per heavy atom. The van der Waals surface area contributed by atoms with E-state index in [9.17, 15) is 4.79 Å². The van der Waals surface area contributed by atoms with Crippen molar-refractivity contribution in [3.05, 3.63) is 35.4 Å². The maximum Gasteiger partial charge on any atom is 0.251 e. The van der Waals surface area contributed by atoms with E-state index in [0.717, 1.165) is 13.1 Å². The van der Waals surface area contributed by atoms with E-state index < -0.39 is 0 Å². The summed E-state index contributed by atoms with van der Waals surface area (Å²) in [7, 11) is 0. The van der Waals surface area contributed by atoms with Crippen molar-refractivity contribution in [3.8, 4) is 0 Å². The number of nitrogens with two attached hydrogens (primary N) is 1. The third-order valence-corrected chi connectivity index (χ3v) is 3.70. The molecule has 0 atom stereocenters. The number of hydrogen-bond donors (Lipinski definition) is 2. The van der Waals surface area contributed by atoms with Crippen LogP contribution in [0.15, 0.2) is 24.3 Å². The van der Waals surface area contributed by atoms with Crippen molar-refractivity contribution < 1.29 is 4.79 Å². The Morgan fingerprint density at radius 1 is 1.22 bits per heavy atom. The summed E-state index contributed by atoms with van der Waals surface area (Å²) in [6, 6.07) is 8.32. The molecule has 1 aromatic rings. The fraction of sp³-hybridized carbons (Fsp3) is 0.588. The highest BCUT2D eigenvalue weighted by atomic mass is 35.5. The van der Waals surface area contributed by atoms with Crippen molar-refractivity contribution in [1.82, 2.24) is 10.2 Å². The lowest BCUT2D eigenvalue weighted by Crippen LogP contribution is -2.48. The topological polar surface area (TPSA) is 58.4 Å². The van der Waals surface area contributed by atoms with Crippen molar-refractivity contribution in [2.24, 2.45) is 5.73 Å². The van der Waals surface area contributed by atoms with Gasteiger partial charge in [0.1, 0.15) is 0 Å². The standard InChI is InChI=1S/C17H29N3O.2ClH/c1-6-20(13(2)3)11-14-7-9-15(10-8-14)16(21)19-17(4,5)12-18;;/h7-10,13H,6,11-12,18H2,1-5H3,(H,19,21);2*1H. The van der Waals surface area contributed by atoms with Crippen molar-refractivity contribution in [2.45, 2.75) is 52.7 Å². The quantitative estimate of drug-likeness (QED) is 0.781.